The van der Waals surface area contributed by atoms with Gasteiger partial charge >= 0.3 is 0 Å². The highest BCUT2D eigenvalue weighted by Crippen LogP contribution is 2.27. The van der Waals surface area contributed by atoms with Crippen LogP contribution < -0.4 is 4.74 Å². The van der Waals surface area contributed by atoms with Crippen LogP contribution in [0.5, 0.6) is 5.88 Å². The van der Waals surface area contributed by atoms with E-state index in [1.54, 1.807) is 26.1 Å². The van der Waals surface area contributed by atoms with E-state index >= 15 is 0 Å². The quantitative estimate of drug-likeness (QED) is 0.796. The Hall–Kier alpha value is -0.800. The van der Waals surface area contributed by atoms with Crippen LogP contribution >= 0.6 is 11.6 Å². The zero-order valence-electron chi connectivity index (χ0n) is 7.84. The van der Waals surface area contributed by atoms with Crippen LogP contribution in [0.15, 0.2) is 12.3 Å². The van der Waals surface area contributed by atoms with Crippen LogP contribution in [0.1, 0.15) is 19.4 Å². The standard InChI is InChI=1S/C9H12ClNO2/c1-9(2,12)6-4-7(10)8(13-3)11-5-6/h4-5,12H,1-3H3. The molecule has 0 aromatic carbocycles. The van der Waals surface area contributed by atoms with Crippen molar-refractivity contribution in [2.75, 3.05) is 7.11 Å². The van der Waals surface area contributed by atoms with Crippen LogP contribution in [-0.2, 0) is 5.60 Å². The molecule has 0 saturated carbocycles. The number of aliphatic hydroxyl groups is 1. The number of pyridine rings is 1. The van der Waals surface area contributed by atoms with Crippen molar-refractivity contribution < 1.29 is 9.84 Å². The zero-order chi connectivity index (χ0) is 10.1. The molecule has 1 N–H and O–H groups in total. The minimum Gasteiger partial charge on any atom is -0.480 e. The second-order valence-corrected chi connectivity index (χ2v) is 3.68. The molecule has 1 rings (SSSR count). The maximum atomic E-state index is 9.64. The van der Waals surface area contributed by atoms with Crippen LogP contribution in [0.25, 0.3) is 0 Å². The Morgan fingerprint density at radius 3 is 2.54 bits per heavy atom. The Morgan fingerprint density at radius 1 is 1.54 bits per heavy atom. The van der Waals surface area contributed by atoms with E-state index in [1.807, 2.05) is 0 Å². The first-order valence-corrected chi connectivity index (χ1v) is 4.25. The molecule has 0 aliphatic carbocycles. The van der Waals surface area contributed by atoms with E-state index in [2.05, 4.69) is 4.98 Å². The first kappa shape index (κ1) is 10.3. The minimum absolute atomic E-state index is 0.370. The van der Waals surface area contributed by atoms with Gasteiger partial charge in [-0.3, -0.25) is 0 Å². The predicted octanol–water partition coefficient (Wildman–Crippen LogP) is 1.97. The Kier molecular flexibility index (Phi) is 2.78. The Labute approximate surface area is 82.3 Å². The van der Waals surface area contributed by atoms with Gasteiger partial charge in [0.2, 0.25) is 5.88 Å². The average Bonchev–Trinajstić information content (AvgIpc) is 2.02. The number of halogens is 1. The molecular weight excluding hydrogens is 190 g/mol. The zero-order valence-corrected chi connectivity index (χ0v) is 8.59. The molecule has 0 atom stereocenters. The predicted molar refractivity (Wildman–Crippen MR) is 51.0 cm³/mol. The fourth-order valence-corrected chi connectivity index (χ4v) is 1.15. The first-order valence-electron chi connectivity index (χ1n) is 3.87. The number of hydrogen-bond donors (Lipinski definition) is 1. The van der Waals surface area contributed by atoms with E-state index < -0.39 is 5.60 Å². The highest BCUT2D eigenvalue weighted by Gasteiger charge is 2.17. The van der Waals surface area contributed by atoms with E-state index in [1.165, 1.54) is 7.11 Å². The summed E-state index contributed by atoms with van der Waals surface area (Å²) < 4.78 is 4.89. The fraction of sp³-hybridized carbons (Fsp3) is 0.444. The number of rotatable bonds is 2. The highest BCUT2D eigenvalue weighted by molar-refractivity contribution is 6.31. The van der Waals surface area contributed by atoms with E-state index in [9.17, 15) is 5.11 Å². The molecule has 1 aromatic rings. The van der Waals surface area contributed by atoms with E-state index in [0.717, 1.165) is 0 Å². The van der Waals surface area contributed by atoms with Crippen molar-refractivity contribution in [2.45, 2.75) is 19.4 Å². The lowest BCUT2D eigenvalue weighted by Crippen LogP contribution is -2.15. The van der Waals surface area contributed by atoms with Crippen molar-refractivity contribution in [2.24, 2.45) is 0 Å². The number of hydrogen-bond acceptors (Lipinski definition) is 3. The summed E-state index contributed by atoms with van der Waals surface area (Å²) in [6.07, 6.45) is 1.55. The monoisotopic (exact) mass is 201 g/mol. The summed E-state index contributed by atoms with van der Waals surface area (Å²) in [6.45, 7) is 3.35. The molecule has 0 spiro atoms. The number of methoxy groups -OCH3 is 1. The highest BCUT2D eigenvalue weighted by atomic mass is 35.5. The summed E-state index contributed by atoms with van der Waals surface area (Å²) in [6, 6.07) is 1.65. The molecule has 0 bridgehead atoms. The summed E-state index contributed by atoms with van der Waals surface area (Å²) in [4.78, 5) is 3.95. The summed E-state index contributed by atoms with van der Waals surface area (Å²) >= 11 is 5.84. The molecule has 4 heteroatoms. The Bertz CT molecular complexity index is 307. The molecule has 0 unspecified atom stereocenters. The third-order valence-electron chi connectivity index (χ3n) is 1.71. The molecule has 0 aliphatic rings. The van der Waals surface area contributed by atoms with Gasteiger partial charge in [0.15, 0.2) is 0 Å². The second-order valence-electron chi connectivity index (χ2n) is 3.27. The maximum absolute atomic E-state index is 9.64. The van der Waals surface area contributed by atoms with Crippen LogP contribution in [0.2, 0.25) is 5.02 Å². The van der Waals surface area contributed by atoms with Gasteiger partial charge in [0.05, 0.1) is 12.7 Å². The van der Waals surface area contributed by atoms with E-state index in [4.69, 9.17) is 16.3 Å². The molecule has 0 saturated heterocycles. The maximum Gasteiger partial charge on any atom is 0.232 e. The van der Waals surface area contributed by atoms with Gasteiger partial charge in [-0.15, -0.1) is 0 Å². The lowest BCUT2D eigenvalue weighted by Gasteiger charge is -2.17. The van der Waals surface area contributed by atoms with E-state index in [-0.39, 0.29) is 0 Å². The average molecular weight is 202 g/mol. The molecule has 0 radical (unpaired) electrons. The Balaban J connectivity index is 3.10. The lowest BCUT2D eigenvalue weighted by molar-refractivity contribution is 0.0781. The molecule has 1 aromatic heterocycles. The number of nitrogens with zero attached hydrogens (tertiary/aromatic N) is 1. The van der Waals surface area contributed by atoms with Gasteiger partial charge in [-0.1, -0.05) is 11.6 Å². The van der Waals surface area contributed by atoms with Crippen LogP contribution in [0.3, 0.4) is 0 Å². The van der Waals surface area contributed by atoms with Crippen molar-refractivity contribution in [3.8, 4) is 5.88 Å². The van der Waals surface area contributed by atoms with Crippen molar-refractivity contribution in [1.29, 1.82) is 0 Å². The van der Waals surface area contributed by atoms with Crippen LogP contribution in [0.4, 0.5) is 0 Å². The van der Waals surface area contributed by atoms with Crippen LogP contribution in [-0.4, -0.2) is 17.2 Å². The summed E-state index contributed by atoms with van der Waals surface area (Å²) in [5.74, 6) is 0.370. The van der Waals surface area contributed by atoms with Gasteiger partial charge in [-0.05, 0) is 19.9 Å². The summed E-state index contributed by atoms with van der Waals surface area (Å²) in [5.41, 5.74) is -0.263. The van der Waals surface area contributed by atoms with E-state index in [0.29, 0.717) is 16.5 Å². The third-order valence-corrected chi connectivity index (χ3v) is 1.98. The molecule has 0 aliphatic heterocycles. The molecule has 3 nitrogen and oxygen atoms in total. The molecule has 0 fully saturated rings. The number of ether oxygens (including phenoxy) is 1. The molecule has 0 amide bonds. The van der Waals surface area contributed by atoms with Crippen molar-refractivity contribution >= 4 is 11.6 Å². The topological polar surface area (TPSA) is 42.4 Å². The number of aromatic nitrogens is 1. The van der Waals surface area contributed by atoms with Crippen molar-refractivity contribution in [3.05, 3.63) is 22.8 Å². The van der Waals surface area contributed by atoms with Gasteiger partial charge in [0.1, 0.15) is 5.02 Å². The van der Waals surface area contributed by atoms with Gasteiger partial charge in [0.25, 0.3) is 0 Å². The molecule has 1 heterocycles. The second kappa shape index (κ2) is 3.52. The summed E-state index contributed by atoms with van der Waals surface area (Å²) in [5, 5.41) is 10.0. The minimum atomic E-state index is -0.928. The Morgan fingerprint density at radius 2 is 2.15 bits per heavy atom. The normalized spacial score (nSPS) is 11.5. The smallest absolute Gasteiger partial charge is 0.232 e. The largest absolute Gasteiger partial charge is 0.480 e. The SMILES string of the molecule is COc1ncc(C(C)(C)O)cc1Cl. The van der Waals surface area contributed by atoms with Crippen molar-refractivity contribution in [3.63, 3.8) is 0 Å². The fourth-order valence-electron chi connectivity index (χ4n) is 0.910. The molecule has 72 valence electrons. The lowest BCUT2D eigenvalue weighted by atomic mass is 10.0. The first-order chi connectivity index (χ1) is 5.95. The third kappa shape index (κ3) is 2.32. The van der Waals surface area contributed by atoms with Crippen LogP contribution in [0, 0.1) is 0 Å². The van der Waals surface area contributed by atoms with Gasteiger partial charge in [0, 0.05) is 11.8 Å². The van der Waals surface area contributed by atoms with Gasteiger partial charge < -0.3 is 9.84 Å². The van der Waals surface area contributed by atoms with Gasteiger partial charge in [-0.25, -0.2) is 4.98 Å². The van der Waals surface area contributed by atoms with Crippen molar-refractivity contribution in [1.82, 2.24) is 4.98 Å². The molecular formula is C9H12ClNO2. The van der Waals surface area contributed by atoms with Gasteiger partial charge in [-0.2, -0.15) is 0 Å². The molecule has 13 heavy (non-hydrogen) atoms. The summed E-state index contributed by atoms with van der Waals surface area (Å²) in [7, 11) is 1.50.